The molecule has 0 spiro atoms. The highest BCUT2D eigenvalue weighted by atomic mass is 127. The van der Waals surface area contributed by atoms with Gasteiger partial charge in [-0.15, -0.1) is 0 Å². The Kier molecular flexibility index (Phi) is 5.84. The molecule has 0 aromatic heterocycles. The van der Waals surface area contributed by atoms with E-state index in [0.717, 1.165) is 14.5 Å². The number of carbonyl (C=O) groups is 1. The number of rotatable bonds is 4. The highest BCUT2D eigenvalue weighted by Gasteiger charge is 2.08. The van der Waals surface area contributed by atoms with Crippen LogP contribution in [0.2, 0.25) is 6.04 Å². The van der Waals surface area contributed by atoms with Crippen LogP contribution in [0.3, 0.4) is 0 Å². The van der Waals surface area contributed by atoms with Crippen molar-refractivity contribution in [2.45, 2.75) is 12.5 Å². The third-order valence-electron chi connectivity index (χ3n) is 1.83. The van der Waals surface area contributed by atoms with Gasteiger partial charge in [0.15, 0.2) is 0 Å². The van der Waals surface area contributed by atoms with Gasteiger partial charge >= 0.3 is 5.97 Å². The van der Waals surface area contributed by atoms with Crippen LogP contribution in [0.25, 0.3) is 0 Å². The van der Waals surface area contributed by atoms with Crippen molar-refractivity contribution in [3.8, 4) is 0 Å². The average molecular weight is 399 g/mol. The number of esters is 1. The highest BCUT2D eigenvalue weighted by molar-refractivity contribution is 14.1. The first-order chi connectivity index (χ1) is 7.13. The van der Waals surface area contributed by atoms with E-state index in [1.807, 2.05) is 12.1 Å². The molecule has 82 valence electrons. The van der Waals surface area contributed by atoms with E-state index in [4.69, 9.17) is 4.74 Å². The number of ether oxygens (including phenoxy) is 1. The maximum absolute atomic E-state index is 11.6. The Hall–Kier alpha value is 0.117. The monoisotopic (exact) mass is 398 g/mol. The van der Waals surface area contributed by atoms with Gasteiger partial charge in [0.1, 0.15) is 0 Å². The Bertz CT molecular complexity index is 337. The molecule has 0 saturated heterocycles. The first kappa shape index (κ1) is 13.2. The zero-order valence-electron chi connectivity index (χ0n) is 8.43. The summed E-state index contributed by atoms with van der Waals surface area (Å²) in [4.78, 5) is 11.6. The van der Waals surface area contributed by atoms with Crippen molar-refractivity contribution >= 4 is 54.7 Å². The average Bonchev–Trinajstić information content (AvgIpc) is 2.16. The van der Waals surface area contributed by atoms with Crippen LogP contribution >= 0.6 is 38.5 Å². The smallest absolute Gasteiger partial charge is 0.338 e. The van der Waals surface area contributed by atoms with Crippen molar-refractivity contribution in [3.63, 3.8) is 0 Å². The van der Waals surface area contributed by atoms with Crippen LogP contribution in [0.5, 0.6) is 0 Å². The maximum Gasteiger partial charge on any atom is 0.338 e. The number of carbonyl (C=O) groups excluding carboxylic acids is 1. The quantitative estimate of drug-likeness (QED) is 0.337. The van der Waals surface area contributed by atoms with E-state index in [9.17, 15) is 4.79 Å². The van der Waals surface area contributed by atoms with E-state index in [1.54, 1.807) is 6.07 Å². The molecule has 1 aromatic carbocycles. The molecule has 0 amide bonds. The molecule has 0 bridgehead atoms. The van der Waals surface area contributed by atoms with E-state index in [0.29, 0.717) is 12.2 Å². The minimum absolute atomic E-state index is 0.232. The summed E-state index contributed by atoms with van der Waals surface area (Å²) in [6, 6.07) is 6.73. The molecule has 0 aliphatic carbocycles. The van der Waals surface area contributed by atoms with E-state index in [2.05, 4.69) is 38.5 Å². The molecule has 0 aliphatic heterocycles. The van der Waals surface area contributed by atoms with Gasteiger partial charge in [0.25, 0.3) is 0 Å². The van der Waals surface area contributed by atoms with Gasteiger partial charge in [-0.3, -0.25) is 0 Å². The molecular formula is C10H12BrIO2Si. The molecule has 0 saturated carbocycles. The molecule has 15 heavy (non-hydrogen) atoms. The van der Waals surface area contributed by atoms with E-state index in [1.165, 1.54) is 16.3 Å². The Morgan fingerprint density at radius 3 is 2.80 bits per heavy atom. The van der Waals surface area contributed by atoms with Gasteiger partial charge in [-0.25, -0.2) is 4.79 Å². The summed E-state index contributed by atoms with van der Waals surface area (Å²) in [5.41, 5.74) is 0.613. The standard InChI is InChI=1S/C10H12BrIO2Si/c11-8-4-7(5-9(12)6-8)10(13)14-2-1-3-15/h4-6H,1-3H2,15H3. The van der Waals surface area contributed by atoms with E-state index >= 15 is 0 Å². The fraction of sp³-hybridized carbons (Fsp3) is 0.300. The minimum atomic E-state index is -0.232. The van der Waals surface area contributed by atoms with Crippen molar-refractivity contribution in [2.75, 3.05) is 6.61 Å². The Morgan fingerprint density at radius 1 is 1.47 bits per heavy atom. The summed E-state index contributed by atoms with van der Waals surface area (Å²) in [7, 11) is 1.17. The minimum Gasteiger partial charge on any atom is -0.462 e. The third-order valence-corrected chi connectivity index (χ3v) is 3.62. The molecule has 0 fully saturated rings. The van der Waals surface area contributed by atoms with Crippen LogP contribution in [0.4, 0.5) is 0 Å². The van der Waals surface area contributed by atoms with E-state index < -0.39 is 0 Å². The van der Waals surface area contributed by atoms with Gasteiger partial charge in [-0.2, -0.15) is 0 Å². The van der Waals surface area contributed by atoms with Crippen LogP contribution in [0, 0.1) is 3.57 Å². The molecule has 0 N–H and O–H groups in total. The molecule has 1 aromatic rings. The number of halogens is 2. The fourth-order valence-corrected chi connectivity index (χ4v) is 2.95. The molecule has 0 aliphatic rings. The maximum atomic E-state index is 11.6. The molecule has 5 heteroatoms. The van der Waals surface area contributed by atoms with Gasteiger partial charge in [0.05, 0.1) is 12.2 Å². The summed E-state index contributed by atoms with van der Waals surface area (Å²) in [6.45, 7) is 0.533. The first-order valence-corrected chi connectivity index (χ1v) is 8.05. The van der Waals surface area contributed by atoms with Gasteiger partial charge in [0, 0.05) is 18.3 Å². The SMILES string of the molecule is O=C(OCCC[SiH3])c1cc(Br)cc(I)c1. The normalized spacial score (nSPS) is 10.3. The second-order valence-electron chi connectivity index (χ2n) is 3.15. The molecule has 2 nitrogen and oxygen atoms in total. The zero-order valence-corrected chi connectivity index (χ0v) is 14.2. The zero-order chi connectivity index (χ0) is 11.3. The molecule has 0 unspecified atom stereocenters. The Balaban J connectivity index is 2.65. The fourth-order valence-electron chi connectivity index (χ4n) is 1.06. The van der Waals surface area contributed by atoms with Crippen LogP contribution in [-0.2, 0) is 4.74 Å². The second kappa shape index (κ2) is 6.65. The summed E-state index contributed by atoms with van der Waals surface area (Å²) in [6.07, 6.45) is 0.975. The number of hydrogen-bond donors (Lipinski definition) is 0. The second-order valence-corrected chi connectivity index (χ2v) is 6.31. The summed E-state index contributed by atoms with van der Waals surface area (Å²) in [5, 5.41) is 0. The summed E-state index contributed by atoms with van der Waals surface area (Å²) >= 11 is 5.53. The van der Waals surface area contributed by atoms with Crippen LogP contribution in [-0.4, -0.2) is 22.8 Å². The molecule has 0 radical (unpaired) electrons. The van der Waals surface area contributed by atoms with Crippen LogP contribution < -0.4 is 0 Å². The topological polar surface area (TPSA) is 26.3 Å². The van der Waals surface area contributed by atoms with Crippen LogP contribution in [0.15, 0.2) is 22.7 Å². The molecule has 0 heterocycles. The van der Waals surface area contributed by atoms with Crippen molar-refractivity contribution < 1.29 is 9.53 Å². The van der Waals surface area contributed by atoms with Gasteiger partial charge in [0.2, 0.25) is 0 Å². The Labute approximate surface area is 114 Å². The van der Waals surface area contributed by atoms with Crippen molar-refractivity contribution in [3.05, 3.63) is 31.8 Å². The lowest BCUT2D eigenvalue weighted by molar-refractivity contribution is 0.0505. The van der Waals surface area contributed by atoms with Crippen molar-refractivity contribution in [2.24, 2.45) is 0 Å². The summed E-state index contributed by atoms with van der Waals surface area (Å²) < 4.78 is 7.07. The number of hydrogen-bond acceptors (Lipinski definition) is 2. The molecule has 1 rings (SSSR count). The first-order valence-electron chi connectivity index (χ1n) is 4.76. The van der Waals surface area contributed by atoms with Gasteiger partial charge in [-0.05, 0) is 47.2 Å². The third kappa shape index (κ3) is 4.65. The lowest BCUT2D eigenvalue weighted by Gasteiger charge is -2.04. The summed E-state index contributed by atoms with van der Waals surface area (Å²) in [5.74, 6) is -0.232. The molecule has 0 atom stereocenters. The predicted octanol–water partition coefficient (Wildman–Crippen LogP) is 2.38. The lowest BCUT2D eigenvalue weighted by atomic mass is 10.2. The lowest BCUT2D eigenvalue weighted by Crippen LogP contribution is -2.06. The predicted molar refractivity (Wildman–Crippen MR) is 76.5 cm³/mol. The Morgan fingerprint density at radius 2 is 2.20 bits per heavy atom. The van der Waals surface area contributed by atoms with Gasteiger partial charge < -0.3 is 4.74 Å². The van der Waals surface area contributed by atoms with Crippen molar-refractivity contribution in [1.82, 2.24) is 0 Å². The van der Waals surface area contributed by atoms with Crippen molar-refractivity contribution in [1.29, 1.82) is 0 Å². The van der Waals surface area contributed by atoms with Gasteiger partial charge in [-0.1, -0.05) is 22.0 Å². The highest BCUT2D eigenvalue weighted by Crippen LogP contribution is 2.18. The van der Waals surface area contributed by atoms with E-state index in [-0.39, 0.29) is 5.97 Å². The number of benzene rings is 1. The van der Waals surface area contributed by atoms with Crippen LogP contribution in [0.1, 0.15) is 16.8 Å². The largest absolute Gasteiger partial charge is 0.462 e. The molecular weight excluding hydrogens is 387 g/mol.